The Balaban J connectivity index is 1.54. The number of aromatic nitrogens is 4. The number of aromatic amines is 2. The van der Waals surface area contributed by atoms with Crippen LogP contribution in [0.4, 0.5) is 0 Å². The van der Waals surface area contributed by atoms with Crippen molar-refractivity contribution in [3.05, 3.63) is 59.0 Å². The lowest BCUT2D eigenvalue weighted by Gasteiger charge is -2.32. The van der Waals surface area contributed by atoms with Crippen molar-refractivity contribution in [2.75, 3.05) is 13.1 Å². The fourth-order valence-corrected chi connectivity index (χ4v) is 3.86. The lowest BCUT2D eigenvalue weighted by molar-refractivity contribution is 0.198. The first-order valence-electron chi connectivity index (χ1n) is 9.02. The highest BCUT2D eigenvalue weighted by molar-refractivity contribution is 5.67. The molecule has 1 atom stereocenters. The molecule has 1 aliphatic heterocycles. The summed E-state index contributed by atoms with van der Waals surface area (Å²) in [4.78, 5) is 2.54. The van der Waals surface area contributed by atoms with Gasteiger partial charge in [0, 0.05) is 42.0 Å². The molecule has 0 bridgehead atoms. The van der Waals surface area contributed by atoms with E-state index in [9.17, 15) is 0 Å². The largest absolute Gasteiger partial charge is 0.298 e. The number of likely N-dealkylation sites (tertiary alicyclic amines) is 1. The van der Waals surface area contributed by atoms with E-state index < -0.39 is 0 Å². The van der Waals surface area contributed by atoms with Crippen molar-refractivity contribution in [3.8, 4) is 11.3 Å². The summed E-state index contributed by atoms with van der Waals surface area (Å²) < 4.78 is 0. The van der Waals surface area contributed by atoms with Gasteiger partial charge >= 0.3 is 0 Å². The lowest BCUT2D eigenvalue weighted by atomic mass is 9.94. The molecule has 1 aromatic carbocycles. The van der Waals surface area contributed by atoms with E-state index in [-0.39, 0.29) is 0 Å². The normalized spacial score (nSPS) is 18.6. The number of piperidine rings is 1. The molecule has 0 amide bonds. The highest BCUT2D eigenvalue weighted by atomic mass is 15.2. The summed E-state index contributed by atoms with van der Waals surface area (Å²) in [5.74, 6) is 0.548. The Morgan fingerprint density at radius 3 is 2.92 bits per heavy atom. The summed E-state index contributed by atoms with van der Waals surface area (Å²) >= 11 is 0. The maximum Gasteiger partial charge on any atom is 0.0698 e. The van der Waals surface area contributed by atoms with Gasteiger partial charge in [-0.1, -0.05) is 17.7 Å². The van der Waals surface area contributed by atoms with Crippen LogP contribution in [0.1, 0.15) is 41.1 Å². The van der Waals surface area contributed by atoms with E-state index in [0.29, 0.717) is 5.92 Å². The van der Waals surface area contributed by atoms with Gasteiger partial charge in [0.15, 0.2) is 0 Å². The SMILES string of the molecule is Cc1ccc(C)c(-c2[nH]ncc2CN2CCC[C@H](c3ccn[nH]3)C2)c1. The number of H-pyrrole nitrogens is 2. The average molecular weight is 335 g/mol. The highest BCUT2D eigenvalue weighted by Gasteiger charge is 2.23. The maximum atomic E-state index is 4.34. The first kappa shape index (κ1) is 16.1. The van der Waals surface area contributed by atoms with Crippen molar-refractivity contribution in [1.82, 2.24) is 25.3 Å². The first-order chi connectivity index (χ1) is 12.2. The molecule has 0 aliphatic carbocycles. The molecular formula is C20H25N5. The molecule has 0 saturated carbocycles. The minimum absolute atomic E-state index is 0.548. The summed E-state index contributed by atoms with van der Waals surface area (Å²) in [6, 6.07) is 8.70. The zero-order valence-corrected chi connectivity index (χ0v) is 14.9. The molecular weight excluding hydrogens is 310 g/mol. The van der Waals surface area contributed by atoms with Crippen LogP contribution >= 0.6 is 0 Å². The number of rotatable bonds is 4. The highest BCUT2D eigenvalue weighted by Crippen LogP contribution is 2.30. The Morgan fingerprint density at radius 2 is 2.08 bits per heavy atom. The predicted molar refractivity (Wildman–Crippen MR) is 99.3 cm³/mol. The zero-order chi connectivity index (χ0) is 17.2. The third-order valence-corrected chi connectivity index (χ3v) is 5.24. The van der Waals surface area contributed by atoms with Gasteiger partial charge in [-0.15, -0.1) is 0 Å². The van der Waals surface area contributed by atoms with Crippen LogP contribution in [0.15, 0.2) is 36.7 Å². The average Bonchev–Trinajstić information content (AvgIpc) is 3.29. The molecule has 2 N–H and O–H groups in total. The molecule has 4 rings (SSSR count). The predicted octanol–water partition coefficient (Wildman–Crippen LogP) is 3.80. The molecule has 5 nitrogen and oxygen atoms in total. The number of hydrogen-bond acceptors (Lipinski definition) is 3. The third-order valence-electron chi connectivity index (χ3n) is 5.24. The Bertz CT molecular complexity index is 834. The topological polar surface area (TPSA) is 60.6 Å². The van der Waals surface area contributed by atoms with Gasteiger partial charge in [0.25, 0.3) is 0 Å². The second-order valence-corrected chi connectivity index (χ2v) is 7.17. The number of nitrogens with one attached hydrogen (secondary N) is 2. The summed E-state index contributed by atoms with van der Waals surface area (Å²) in [5, 5.41) is 14.8. The molecule has 0 radical (unpaired) electrons. The summed E-state index contributed by atoms with van der Waals surface area (Å²) in [7, 11) is 0. The van der Waals surface area contributed by atoms with Crippen LogP contribution in [-0.4, -0.2) is 38.4 Å². The van der Waals surface area contributed by atoms with Crippen LogP contribution in [0, 0.1) is 13.8 Å². The Labute approximate surface area is 148 Å². The summed E-state index contributed by atoms with van der Waals surface area (Å²) in [6.45, 7) is 7.44. The molecule has 2 aromatic heterocycles. The van der Waals surface area contributed by atoms with E-state index in [1.807, 2.05) is 12.4 Å². The van der Waals surface area contributed by atoms with E-state index in [1.165, 1.54) is 40.8 Å². The molecule has 1 saturated heterocycles. The lowest BCUT2D eigenvalue weighted by Crippen LogP contribution is -2.34. The van der Waals surface area contributed by atoms with Crippen molar-refractivity contribution >= 4 is 0 Å². The standard InChI is InChI=1S/C20H25N5/c1-14-5-6-15(2)18(10-14)20-17(11-22-24-20)13-25-9-3-4-16(12-25)19-7-8-21-23-19/h5-8,10-11,16H,3-4,9,12-13H2,1-2H3,(H,21,23)(H,22,24)/t16-/m0/s1. The van der Waals surface area contributed by atoms with Crippen molar-refractivity contribution in [3.63, 3.8) is 0 Å². The van der Waals surface area contributed by atoms with E-state index in [1.54, 1.807) is 0 Å². The van der Waals surface area contributed by atoms with E-state index in [2.05, 4.69) is 63.4 Å². The smallest absolute Gasteiger partial charge is 0.0698 e. The van der Waals surface area contributed by atoms with Crippen molar-refractivity contribution in [2.24, 2.45) is 0 Å². The minimum Gasteiger partial charge on any atom is -0.298 e. The van der Waals surface area contributed by atoms with Gasteiger partial charge in [-0.05, 0) is 50.9 Å². The van der Waals surface area contributed by atoms with Gasteiger partial charge in [-0.2, -0.15) is 10.2 Å². The molecule has 1 fully saturated rings. The van der Waals surface area contributed by atoms with Crippen molar-refractivity contribution < 1.29 is 0 Å². The Hall–Kier alpha value is -2.40. The first-order valence-corrected chi connectivity index (χ1v) is 9.02. The van der Waals surface area contributed by atoms with Gasteiger partial charge in [0.1, 0.15) is 0 Å². The Morgan fingerprint density at radius 1 is 1.16 bits per heavy atom. The van der Waals surface area contributed by atoms with Crippen LogP contribution < -0.4 is 0 Å². The Kier molecular flexibility index (Phi) is 4.40. The van der Waals surface area contributed by atoms with Crippen LogP contribution in [0.5, 0.6) is 0 Å². The maximum absolute atomic E-state index is 4.34. The van der Waals surface area contributed by atoms with Gasteiger partial charge in [0.2, 0.25) is 0 Å². The number of hydrogen-bond donors (Lipinski definition) is 2. The van der Waals surface area contributed by atoms with Crippen LogP contribution in [-0.2, 0) is 6.54 Å². The number of nitrogens with zero attached hydrogens (tertiary/aromatic N) is 3. The van der Waals surface area contributed by atoms with Gasteiger partial charge in [-0.3, -0.25) is 15.1 Å². The minimum atomic E-state index is 0.548. The molecule has 5 heteroatoms. The molecule has 3 aromatic rings. The monoisotopic (exact) mass is 335 g/mol. The molecule has 0 unspecified atom stereocenters. The summed E-state index contributed by atoms with van der Waals surface area (Å²) in [6.07, 6.45) is 6.29. The molecule has 1 aliphatic rings. The van der Waals surface area contributed by atoms with Crippen molar-refractivity contribution in [2.45, 2.75) is 39.2 Å². The number of aryl methyl sites for hydroxylation is 2. The van der Waals surface area contributed by atoms with E-state index >= 15 is 0 Å². The molecule has 130 valence electrons. The fraction of sp³-hybridized carbons (Fsp3) is 0.400. The fourth-order valence-electron chi connectivity index (χ4n) is 3.86. The quantitative estimate of drug-likeness (QED) is 0.762. The third kappa shape index (κ3) is 3.37. The zero-order valence-electron chi connectivity index (χ0n) is 14.9. The van der Waals surface area contributed by atoms with Crippen molar-refractivity contribution in [1.29, 1.82) is 0 Å². The van der Waals surface area contributed by atoms with Crippen LogP contribution in [0.3, 0.4) is 0 Å². The molecule has 0 spiro atoms. The van der Waals surface area contributed by atoms with Gasteiger partial charge in [-0.25, -0.2) is 0 Å². The van der Waals surface area contributed by atoms with Crippen LogP contribution in [0.25, 0.3) is 11.3 Å². The summed E-state index contributed by atoms with van der Waals surface area (Å²) in [5.41, 5.74) is 7.51. The number of benzene rings is 1. The second-order valence-electron chi connectivity index (χ2n) is 7.17. The van der Waals surface area contributed by atoms with Gasteiger partial charge in [0.05, 0.1) is 11.9 Å². The van der Waals surface area contributed by atoms with E-state index in [4.69, 9.17) is 0 Å². The van der Waals surface area contributed by atoms with E-state index in [0.717, 1.165) is 25.3 Å². The van der Waals surface area contributed by atoms with Crippen LogP contribution in [0.2, 0.25) is 0 Å². The molecule has 3 heterocycles. The molecule has 25 heavy (non-hydrogen) atoms. The van der Waals surface area contributed by atoms with Gasteiger partial charge < -0.3 is 0 Å². The second kappa shape index (κ2) is 6.84.